The Kier molecular flexibility index (Phi) is 4.67. The van der Waals surface area contributed by atoms with Crippen molar-refractivity contribution in [1.82, 2.24) is 9.97 Å². The zero-order valence-electron chi connectivity index (χ0n) is 12.3. The maximum atomic E-state index is 13.2. The Balaban J connectivity index is 2.29. The molecule has 0 fully saturated rings. The van der Waals surface area contributed by atoms with Gasteiger partial charge in [-0.25, -0.2) is 13.8 Å². The summed E-state index contributed by atoms with van der Waals surface area (Å²) in [5.74, 6) is -0.619. The molecule has 0 saturated carbocycles. The van der Waals surface area contributed by atoms with E-state index in [9.17, 15) is 8.78 Å². The van der Waals surface area contributed by atoms with Gasteiger partial charge in [0.25, 0.3) is 0 Å². The number of hydrogen-bond donors (Lipinski definition) is 1. The molecule has 0 bridgehead atoms. The van der Waals surface area contributed by atoms with Crippen LogP contribution in [0.25, 0.3) is 0 Å². The van der Waals surface area contributed by atoms with Crippen LogP contribution in [0.3, 0.4) is 0 Å². The number of halogens is 2. The molecule has 0 atom stereocenters. The van der Waals surface area contributed by atoms with E-state index in [-0.39, 0.29) is 0 Å². The molecule has 2 aromatic rings. The van der Waals surface area contributed by atoms with E-state index < -0.39 is 11.6 Å². The molecule has 0 saturated heterocycles. The van der Waals surface area contributed by atoms with Crippen molar-refractivity contribution in [2.75, 3.05) is 23.3 Å². The molecule has 0 unspecified atom stereocenters. The molecule has 0 amide bonds. The average molecular weight is 292 g/mol. The fraction of sp³-hybridized carbons (Fsp3) is 0.333. The van der Waals surface area contributed by atoms with Crippen LogP contribution in [0.2, 0.25) is 0 Å². The Hall–Kier alpha value is -2.24. The van der Waals surface area contributed by atoms with E-state index in [2.05, 4.69) is 20.2 Å². The Morgan fingerprint density at radius 2 is 1.76 bits per heavy atom. The summed E-state index contributed by atoms with van der Waals surface area (Å²) < 4.78 is 26.1. The molecule has 6 heteroatoms. The monoisotopic (exact) mass is 292 g/mol. The second-order valence-electron chi connectivity index (χ2n) is 4.62. The molecule has 1 N–H and O–H groups in total. The normalized spacial score (nSPS) is 10.5. The molecular weight excluding hydrogens is 274 g/mol. The Morgan fingerprint density at radius 3 is 2.38 bits per heavy atom. The van der Waals surface area contributed by atoms with Gasteiger partial charge in [0.1, 0.15) is 5.82 Å². The minimum atomic E-state index is -0.906. The molecular formula is C15H18F2N4. The quantitative estimate of drug-likeness (QED) is 0.913. The molecule has 2 rings (SSSR count). The largest absolute Gasteiger partial charge is 0.357 e. The molecule has 0 aliphatic rings. The lowest BCUT2D eigenvalue weighted by atomic mass is 10.3. The molecule has 112 valence electrons. The van der Waals surface area contributed by atoms with Gasteiger partial charge in [0.2, 0.25) is 5.95 Å². The molecule has 1 aromatic carbocycles. The van der Waals surface area contributed by atoms with Crippen molar-refractivity contribution in [2.24, 2.45) is 0 Å². The standard InChI is InChI=1S/C15H18F2N4/c1-4-21(5-2)14-8-10(3)18-15(20-14)19-11-6-7-12(16)13(17)9-11/h6-9H,4-5H2,1-3H3,(H,18,19,20). The van der Waals surface area contributed by atoms with Crippen molar-refractivity contribution in [3.05, 3.63) is 41.6 Å². The molecule has 0 spiro atoms. The van der Waals surface area contributed by atoms with E-state index in [1.54, 1.807) is 0 Å². The predicted molar refractivity (Wildman–Crippen MR) is 80.0 cm³/mol. The van der Waals surface area contributed by atoms with E-state index in [4.69, 9.17) is 0 Å². The minimum Gasteiger partial charge on any atom is -0.357 e. The maximum absolute atomic E-state index is 13.2. The van der Waals surface area contributed by atoms with Crippen LogP contribution in [-0.2, 0) is 0 Å². The van der Waals surface area contributed by atoms with Crippen molar-refractivity contribution in [3.63, 3.8) is 0 Å². The summed E-state index contributed by atoms with van der Waals surface area (Å²) in [7, 11) is 0. The molecule has 21 heavy (non-hydrogen) atoms. The van der Waals surface area contributed by atoms with Gasteiger partial charge in [-0.3, -0.25) is 0 Å². The van der Waals surface area contributed by atoms with Crippen molar-refractivity contribution in [1.29, 1.82) is 0 Å². The van der Waals surface area contributed by atoms with Crippen LogP contribution in [0, 0.1) is 18.6 Å². The molecule has 0 aliphatic heterocycles. The van der Waals surface area contributed by atoms with Gasteiger partial charge >= 0.3 is 0 Å². The number of hydrogen-bond acceptors (Lipinski definition) is 4. The van der Waals surface area contributed by atoms with E-state index in [0.717, 1.165) is 36.7 Å². The van der Waals surface area contributed by atoms with Crippen molar-refractivity contribution in [2.45, 2.75) is 20.8 Å². The van der Waals surface area contributed by atoms with Crippen LogP contribution in [0.4, 0.5) is 26.2 Å². The highest BCUT2D eigenvalue weighted by molar-refractivity contribution is 5.55. The first-order valence-electron chi connectivity index (χ1n) is 6.86. The van der Waals surface area contributed by atoms with Crippen LogP contribution in [-0.4, -0.2) is 23.1 Å². The summed E-state index contributed by atoms with van der Waals surface area (Å²) in [4.78, 5) is 10.8. The van der Waals surface area contributed by atoms with Crippen LogP contribution < -0.4 is 10.2 Å². The first-order valence-corrected chi connectivity index (χ1v) is 6.86. The molecule has 0 radical (unpaired) electrons. The molecule has 0 aliphatic carbocycles. The highest BCUT2D eigenvalue weighted by Crippen LogP contribution is 2.19. The zero-order chi connectivity index (χ0) is 15.4. The third kappa shape index (κ3) is 3.65. The van der Waals surface area contributed by atoms with Gasteiger partial charge in [0.05, 0.1) is 0 Å². The summed E-state index contributed by atoms with van der Waals surface area (Å²) in [6.45, 7) is 7.62. The number of nitrogens with one attached hydrogen (secondary N) is 1. The summed E-state index contributed by atoms with van der Waals surface area (Å²) in [5, 5.41) is 2.90. The van der Waals surface area contributed by atoms with Crippen molar-refractivity contribution >= 4 is 17.5 Å². The van der Waals surface area contributed by atoms with E-state index in [0.29, 0.717) is 11.6 Å². The van der Waals surface area contributed by atoms with Crippen molar-refractivity contribution in [3.8, 4) is 0 Å². The third-order valence-corrected chi connectivity index (χ3v) is 3.10. The molecule has 4 nitrogen and oxygen atoms in total. The Morgan fingerprint density at radius 1 is 1.05 bits per heavy atom. The van der Waals surface area contributed by atoms with Gasteiger partial charge in [0.15, 0.2) is 11.6 Å². The SMILES string of the molecule is CCN(CC)c1cc(C)nc(Nc2ccc(F)c(F)c2)n1. The maximum Gasteiger partial charge on any atom is 0.229 e. The van der Waals surface area contributed by atoms with Gasteiger partial charge in [-0.2, -0.15) is 4.98 Å². The molecule has 1 heterocycles. The summed E-state index contributed by atoms with van der Waals surface area (Å²) in [6.07, 6.45) is 0. The van der Waals surface area contributed by atoms with Gasteiger partial charge in [-0.05, 0) is 32.9 Å². The van der Waals surface area contributed by atoms with Gasteiger partial charge < -0.3 is 10.2 Å². The van der Waals surface area contributed by atoms with Gasteiger partial charge in [-0.1, -0.05) is 0 Å². The highest BCUT2D eigenvalue weighted by Gasteiger charge is 2.09. The van der Waals surface area contributed by atoms with E-state index >= 15 is 0 Å². The fourth-order valence-electron chi connectivity index (χ4n) is 2.02. The number of aromatic nitrogens is 2. The number of aryl methyl sites for hydroxylation is 1. The van der Waals surface area contributed by atoms with Gasteiger partial charge in [-0.15, -0.1) is 0 Å². The van der Waals surface area contributed by atoms with E-state index in [1.165, 1.54) is 6.07 Å². The lowest BCUT2D eigenvalue weighted by Gasteiger charge is -2.20. The first kappa shape index (κ1) is 15.2. The lowest BCUT2D eigenvalue weighted by Crippen LogP contribution is -2.23. The summed E-state index contributed by atoms with van der Waals surface area (Å²) in [6, 6.07) is 5.49. The minimum absolute atomic E-state index is 0.364. The predicted octanol–water partition coefficient (Wildman–Crippen LogP) is 3.65. The van der Waals surface area contributed by atoms with Crippen LogP contribution in [0.1, 0.15) is 19.5 Å². The second kappa shape index (κ2) is 6.47. The lowest BCUT2D eigenvalue weighted by molar-refractivity contribution is 0.509. The smallest absolute Gasteiger partial charge is 0.229 e. The average Bonchev–Trinajstić information content (AvgIpc) is 2.44. The summed E-state index contributed by atoms with van der Waals surface area (Å²) >= 11 is 0. The molecule has 1 aromatic heterocycles. The van der Waals surface area contributed by atoms with E-state index in [1.807, 2.05) is 26.8 Å². The Bertz CT molecular complexity index is 627. The second-order valence-corrected chi connectivity index (χ2v) is 4.62. The first-order chi connectivity index (χ1) is 10.0. The topological polar surface area (TPSA) is 41.1 Å². The highest BCUT2D eigenvalue weighted by atomic mass is 19.2. The number of rotatable bonds is 5. The zero-order valence-corrected chi connectivity index (χ0v) is 12.3. The fourth-order valence-corrected chi connectivity index (χ4v) is 2.02. The van der Waals surface area contributed by atoms with Crippen LogP contribution in [0.5, 0.6) is 0 Å². The van der Waals surface area contributed by atoms with Gasteiger partial charge in [0, 0.05) is 36.6 Å². The number of nitrogens with zero attached hydrogens (tertiary/aromatic N) is 3. The van der Waals surface area contributed by atoms with Crippen LogP contribution >= 0.6 is 0 Å². The van der Waals surface area contributed by atoms with Crippen LogP contribution in [0.15, 0.2) is 24.3 Å². The van der Waals surface area contributed by atoms with Crippen molar-refractivity contribution < 1.29 is 8.78 Å². The summed E-state index contributed by atoms with van der Waals surface area (Å²) in [5.41, 5.74) is 1.21. The third-order valence-electron chi connectivity index (χ3n) is 3.10. The number of benzene rings is 1. The Labute approximate surface area is 122 Å². The number of anilines is 3.